The van der Waals surface area contributed by atoms with Crippen molar-refractivity contribution in [2.75, 3.05) is 13.1 Å². The zero-order valence-corrected chi connectivity index (χ0v) is 12.2. The van der Waals surface area contributed by atoms with Crippen LogP contribution in [-0.2, 0) is 0 Å². The van der Waals surface area contributed by atoms with E-state index in [4.69, 9.17) is 21.9 Å². The van der Waals surface area contributed by atoms with Gasteiger partial charge in [0, 0.05) is 29.7 Å². The molecule has 0 saturated carbocycles. The van der Waals surface area contributed by atoms with Crippen LogP contribution in [0.15, 0.2) is 35.1 Å². The topological polar surface area (TPSA) is 72.4 Å². The van der Waals surface area contributed by atoms with E-state index in [1.54, 1.807) is 17.0 Å². The predicted molar refractivity (Wildman–Crippen MR) is 80.1 cm³/mol. The Balaban J connectivity index is 1.88. The van der Waals surface area contributed by atoms with Gasteiger partial charge in [-0.15, -0.1) is 0 Å². The fourth-order valence-electron chi connectivity index (χ4n) is 2.57. The number of halogens is 1. The van der Waals surface area contributed by atoms with Crippen molar-refractivity contribution in [3.05, 3.63) is 41.1 Å². The number of piperidine rings is 1. The van der Waals surface area contributed by atoms with E-state index < -0.39 is 0 Å². The second-order valence-corrected chi connectivity index (χ2v) is 5.67. The first-order valence-corrected chi connectivity index (χ1v) is 7.28. The van der Waals surface area contributed by atoms with Crippen LogP contribution in [0.4, 0.5) is 0 Å². The lowest BCUT2D eigenvalue weighted by atomic mass is 10.0. The summed E-state index contributed by atoms with van der Waals surface area (Å²) in [6.07, 6.45) is 3.28. The van der Waals surface area contributed by atoms with Gasteiger partial charge in [-0.2, -0.15) is 0 Å². The molecule has 0 radical (unpaired) electrons. The number of carbonyl (C=O) groups is 1. The second kappa shape index (κ2) is 5.87. The first-order chi connectivity index (χ1) is 10.1. The SMILES string of the molecule is N[C@H]1CCCN(C(=O)c2conc2-c2ccc(Cl)cc2)C1. The van der Waals surface area contributed by atoms with Gasteiger partial charge in [0.15, 0.2) is 0 Å². The molecule has 0 bridgehead atoms. The summed E-state index contributed by atoms with van der Waals surface area (Å²) < 4.78 is 5.01. The molecule has 1 saturated heterocycles. The Kier molecular flexibility index (Phi) is 3.94. The maximum absolute atomic E-state index is 12.6. The highest BCUT2D eigenvalue weighted by atomic mass is 35.5. The quantitative estimate of drug-likeness (QED) is 0.925. The van der Waals surface area contributed by atoms with E-state index in [2.05, 4.69) is 5.16 Å². The summed E-state index contributed by atoms with van der Waals surface area (Å²) in [5.74, 6) is -0.0867. The number of hydrogen-bond acceptors (Lipinski definition) is 4. The van der Waals surface area contributed by atoms with Crippen molar-refractivity contribution in [2.24, 2.45) is 5.73 Å². The minimum Gasteiger partial charge on any atom is -0.363 e. The van der Waals surface area contributed by atoms with Crippen LogP contribution in [0, 0.1) is 0 Å². The third-order valence-corrected chi connectivity index (χ3v) is 3.91. The molecule has 1 aliphatic heterocycles. The first kappa shape index (κ1) is 14.1. The lowest BCUT2D eigenvalue weighted by molar-refractivity contribution is 0.0709. The Morgan fingerprint density at radius 2 is 2.14 bits per heavy atom. The van der Waals surface area contributed by atoms with E-state index in [1.807, 2.05) is 12.1 Å². The number of aromatic nitrogens is 1. The van der Waals surface area contributed by atoms with Crippen molar-refractivity contribution in [3.63, 3.8) is 0 Å². The van der Waals surface area contributed by atoms with Gasteiger partial charge in [-0.3, -0.25) is 4.79 Å². The van der Waals surface area contributed by atoms with Crippen molar-refractivity contribution in [1.82, 2.24) is 10.1 Å². The number of nitrogens with zero attached hydrogens (tertiary/aromatic N) is 2. The third kappa shape index (κ3) is 2.94. The highest BCUT2D eigenvalue weighted by molar-refractivity contribution is 6.30. The number of carbonyl (C=O) groups excluding carboxylic acids is 1. The molecule has 0 aliphatic carbocycles. The van der Waals surface area contributed by atoms with Crippen LogP contribution < -0.4 is 5.73 Å². The summed E-state index contributed by atoms with van der Waals surface area (Å²) in [5.41, 5.74) is 7.74. The zero-order valence-electron chi connectivity index (χ0n) is 11.5. The average Bonchev–Trinajstić information content (AvgIpc) is 2.96. The van der Waals surface area contributed by atoms with Gasteiger partial charge in [-0.1, -0.05) is 28.9 Å². The molecule has 1 atom stereocenters. The Morgan fingerprint density at radius 1 is 1.38 bits per heavy atom. The monoisotopic (exact) mass is 305 g/mol. The van der Waals surface area contributed by atoms with E-state index in [0.717, 1.165) is 24.9 Å². The normalized spacial score (nSPS) is 18.8. The van der Waals surface area contributed by atoms with Gasteiger partial charge in [0.25, 0.3) is 5.91 Å². The summed E-state index contributed by atoms with van der Waals surface area (Å²) in [5, 5.41) is 4.59. The van der Waals surface area contributed by atoms with Crippen LogP contribution in [0.25, 0.3) is 11.3 Å². The molecular formula is C15H16ClN3O2. The van der Waals surface area contributed by atoms with Crippen LogP contribution >= 0.6 is 11.6 Å². The van der Waals surface area contributed by atoms with Gasteiger partial charge < -0.3 is 15.2 Å². The Hall–Kier alpha value is -1.85. The highest BCUT2D eigenvalue weighted by Crippen LogP contribution is 2.25. The maximum atomic E-state index is 12.6. The molecule has 1 aromatic carbocycles. The van der Waals surface area contributed by atoms with Crippen LogP contribution in [0.1, 0.15) is 23.2 Å². The Labute approximate surface area is 127 Å². The number of likely N-dealkylation sites (tertiary alicyclic amines) is 1. The van der Waals surface area contributed by atoms with Gasteiger partial charge in [-0.25, -0.2) is 0 Å². The summed E-state index contributed by atoms with van der Waals surface area (Å²) in [7, 11) is 0. The first-order valence-electron chi connectivity index (χ1n) is 6.90. The molecule has 3 rings (SSSR count). The summed E-state index contributed by atoms with van der Waals surface area (Å²) in [6, 6.07) is 7.20. The molecule has 110 valence electrons. The fraction of sp³-hybridized carbons (Fsp3) is 0.333. The van der Waals surface area contributed by atoms with Gasteiger partial charge in [-0.05, 0) is 25.0 Å². The largest absolute Gasteiger partial charge is 0.363 e. The molecule has 1 fully saturated rings. The van der Waals surface area contributed by atoms with E-state index in [9.17, 15) is 4.79 Å². The molecule has 1 amide bonds. The molecule has 1 aliphatic rings. The molecule has 5 nitrogen and oxygen atoms in total. The molecule has 2 heterocycles. The zero-order chi connectivity index (χ0) is 14.8. The van der Waals surface area contributed by atoms with Crippen LogP contribution in [0.3, 0.4) is 0 Å². The molecule has 2 aromatic rings. The number of benzene rings is 1. The summed E-state index contributed by atoms with van der Waals surface area (Å²) in [4.78, 5) is 14.4. The van der Waals surface area contributed by atoms with E-state index >= 15 is 0 Å². The molecule has 0 unspecified atom stereocenters. The van der Waals surface area contributed by atoms with Gasteiger partial charge in [0.1, 0.15) is 17.5 Å². The maximum Gasteiger partial charge on any atom is 0.259 e. The minimum absolute atomic E-state index is 0.0431. The Morgan fingerprint density at radius 3 is 2.86 bits per heavy atom. The molecule has 21 heavy (non-hydrogen) atoms. The number of amides is 1. The lowest BCUT2D eigenvalue weighted by Crippen LogP contribution is -2.45. The van der Waals surface area contributed by atoms with Gasteiger partial charge >= 0.3 is 0 Å². The standard InChI is InChI=1S/C15H16ClN3O2/c16-11-5-3-10(4-6-11)14-13(9-21-18-14)15(20)19-7-1-2-12(17)8-19/h3-6,9,12H,1-2,7-8,17H2/t12-/m0/s1. The Bertz CT molecular complexity index is 639. The number of rotatable bonds is 2. The van der Waals surface area contributed by atoms with Crippen molar-refractivity contribution < 1.29 is 9.32 Å². The van der Waals surface area contributed by atoms with Crippen molar-refractivity contribution in [1.29, 1.82) is 0 Å². The molecule has 0 spiro atoms. The molecule has 1 aromatic heterocycles. The number of nitrogens with two attached hydrogens (primary N) is 1. The van der Waals surface area contributed by atoms with Crippen molar-refractivity contribution in [2.45, 2.75) is 18.9 Å². The fourth-order valence-corrected chi connectivity index (χ4v) is 2.70. The predicted octanol–water partition coefficient (Wildman–Crippen LogP) is 2.56. The smallest absolute Gasteiger partial charge is 0.259 e. The van der Waals surface area contributed by atoms with E-state index in [0.29, 0.717) is 22.8 Å². The molecule has 2 N–H and O–H groups in total. The van der Waals surface area contributed by atoms with Gasteiger partial charge in [0.05, 0.1) is 0 Å². The number of hydrogen-bond donors (Lipinski definition) is 1. The minimum atomic E-state index is -0.0867. The van der Waals surface area contributed by atoms with Crippen LogP contribution in [0.5, 0.6) is 0 Å². The van der Waals surface area contributed by atoms with Gasteiger partial charge in [0.2, 0.25) is 0 Å². The lowest BCUT2D eigenvalue weighted by Gasteiger charge is -2.30. The van der Waals surface area contributed by atoms with Crippen LogP contribution in [-0.4, -0.2) is 35.1 Å². The highest BCUT2D eigenvalue weighted by Gasteiger charge is 2.26. The summed E-state index contributed by atoms with van der Waals surface area (Å²) >= 11 is 5.88. The summed E-state index contributed by atoms with van der Waals surface area (Å²) in [6.45, 7) is 1.29. The van der Waals surface area contributed by atoms with E-state index in [1.165, 1.54) is 6.26 Å². The van der Waals surface area contributed by atoms with Crippen molar-refractivity contribution >= 4 is 17.5 Å². The average molecular weight is 306 g/mol. The molecular weight excluding hydrogens is 290 g/mol. The van der Waals surface area contributed by atoms with Crippen LogP contribution in [0.2, 0.25) is 5.02 Å². The second-order valence-electron chi connectivity index (χ2n) is 5.24. The third-order valence-electron chi connectivity index (χ3n) is 3.66. The van der Waals surface area contributed by atoms with Crippen molar-refractivity contribution in [3.8, 4) is 11.3 Å². The molecule has 6 heteroatoms. The van der Waals surface area contributed by atoms with E-state index in [-0.39, 0.29) is 11.9 Å².